The third-order valence-electron chi connectivity index (χ3n) is 2.57. The van der Waals surface area contributed by atoms with Gasteiger partial charge in [0.05, 0.1) is 0 Å². The SMILES string of the molecule is Cn1cnnc1SCc1cc2c(cc1Br)OCO2. The molecule has 0 N–H and O–H groups in total. The molecule has 0 unspecified atom stereocenters. The molecular weight excluding hydrogens is 318 g/mol. The lowest BCUT2D eigenvalue weighted by Gasteiger charge is -2.05. The van der Waals surface area contributed by atoms with Gasteiger partial charge in [-0.15, -0.1) is 10.2 Å². The molecule has 0 bridgehead atoms. The molecule has 0 aliphatic carbocycles. The van der Waals surface area contributed by atoms with Crippen LogP contribution in [-0.4, -0.2) is 21.6 Å². The summed E-state index contributed by atoms with van der Waals surface area (Å²) >= 11 is 5.17. The van der Waals surface area contributed by atoms with Gasteiger partial charge in [-0.05, 0) is 17.7 Å². The van der Waals surface area contributed by atoms with E-state index in [1.54, 1.807) is 18.1 Å². The molecule has 2 aromatic rings. The van der Waals surface area contributed by atoms with Crippen LogP contribution in [0.5, 0.6) is 11.5 Å². The van der Waals surface area contributed by atoms with Gasteiger partial charge in [-0.2, -0.15) is 0 Å². The summed E-state index contributed by atoms with van der Waals surface area (Å²) < 4.78 is 13.6. The summed E-state index contributed by atoms with van der Waals surface area (Å²) in [4.78, 5) is 0. The second-order valence-electron chi connectivity index (χ2n) is 3.81. The molecule has 2 heterocycles. The van der Waals surface area contributed by atoms with Crippen molar-refractivity contribution in [3.05, 3.63) is 28.5 Å². The molecule has 5 nitrogen and oxygen atoms in total. The average Bonchev–Trinajstić information content (AvgIpc) is 2.95. The molecule has 0 saturated heterocycles. The van der Waals surface area contributed by atoms with Crippen LogP contribution in [0, 0.1) is 0 Å². The molecule has 0 radical (unpaired) electrons. The molecule has 18 heavy (non-hydrogen) atoms. The van der Waals surface area contributed by atoms with E-state index < -0.39 is 0 Å². The Balaban J connectivity index is 1.79. The molecule has 0 fully saturated rings. The van der Waals surface area contributed by atoms with Crippen molar-refractivity contribution in [2.24, 2.45) is 7.05 Å². The lowest BCUT2D eigenvalue weighted by molar-refractivity contribution is 0.174. The summed E-state index contributed by atoms with van der Waals surface area (Å²) in [5.74, 6) is 2.38. The molecule has 1 aromatic carbocycles. The molecule has 0 spiro atoms. The van der Waals surface area contributed by atoms with E-state index in [1.807, 2.05) is 23.7 Å². The molecule has 7 heteroatoms. The number of aromatic nitrogens is 3. The fourth-order valence-electron chi connectivity index (χ4n) is 1.62. The van der Waals surface area contributed by atoms with Crippen molar-refractivity contribution >= 4 is 27.7 Å². The van der Waals surface area contributed by atoms with Gasteiger partial charge >= 0.3 is 0 Å². The quantitative estimate of drug-likeness (QED) is 0.811. The van der Waals surface area contributed by atoms with Crippen LogP contribution >= 0.6 is 27.7 Å². The predicted octanol–water partition coefficient (Wildman–Crippen LogP) is 2.60. The second-order valence-corrected chi connectivity index (χ2v) is 5.61. The van der Waals surface area contributed by atoms with Crippen LogP contribution in [0.2, 0.25) is 0 Å². The van der Waals surface area contributed by atoms with E-state index in [2.05, 4.69) is 26.1 Å². The van der Waals surface area contributed by atoms with Crippen LogP contribution < -0.4 is 9.47 Å². The van der Waals surface area contributed by atoms with Crippen LogP contribution in [0.15, 0.2) is 28.1 Å². The average molecular weight is 328 g/mol. The number of benzene rings is 1. The zero-order valence-corrected chi connectivity index (χ0v) is 12.0. The molecular formula is C11H10BrN3O2S. The molecule has 0 atom stereocenters. The maximum absolute atomic E-state index is 5.37. The first-order chi connectivity index (χ1) is 8.74. The van der Waals surface area contributed by atoms with Gasteiger partial charge in [0.15, 0.2) is 16.7 Å². The van der Waals surface area contributed by atoms with Crippen molar-refractivity contribution in [2.45, 2.75) is 10.9 Å². The number of hydrogen-bond donors (Lipinski definition) is 0. The zero-order chi connectivity index (χ0) is 12.5. The Morgan fingerprint density at radius 3 is 2.89 bits per heavy atom. The maximum atomic E-state index is 5.37. The van der Waals surface area contributed by atoms with Gasteiger partial charge in [0, 0.05) is 17.3 Å². The topological polar surface area (TPSA) is 49.2 Å². The van der Waals surface area contributed by atoms with Gasteiger partial charge in [-0.25, -0.2) is 0 Å². The van der Waals surface area contributed by atoms with Gasteiger partial charge in [0.25, 0.3) is 0 Å². The first-order valence-electron chi connectivity index (χ1n) is 5.29. The number of aryl methyl sites for hydroxylation is 1. The first-order valence-corrected chi connectivity index (χ1v) is 7.07. The van der Waals surface area contributed by atoms with Gasteiger partial charge in [-0.3, -0.25) is 0 Å². The van der Waals surface area contributed by atoms with E-state index in [-0.39, 0.29) is 0 Å². The molecule has 0 saturated carbocycles. The molecule has 1 aliphatic rings. The first kappa shape index (κ1) is 11.9. The van der Waals surface area contributed by atoms with Crippen LogP contribution in [0.4, 0.5) is 0 Å². The van der Waals surface area contributed by atoms with Gasteiger partial charge in [0.2, 0.25) is 6.79 Å². The normalized spacial score (nSPS) is 13.0. The van der Waals surface area contributed by atoms with Crippen molar-refractivity contribution in [1.82, 2.24) is 14.8 Å². The van der Waals surface area contributed by atoms with Crippen molar-refractivity contribution < 1.29 is 9.47 Å². The van der Waals surface area contributed by atoms with E-state index in [4.69, 9.17) is 9.47 Å². The Hall–Kier alpha value is -1.21. The van der Waals surface area contributed by atoms with Crippen LogP contribution in [0.1, 0.15) is 5.56 Å². The Kier molecular flexibility index (Phi) is 3.17. The Labute approximate surface area is 117 Å². The minimum Gasteiger partial charge on any atom is -0.454 e. The summed E-state index contributed by atoms with van der Waals surface area (Å²) in [6.45, 7) is 0.293. The summed E-state index contributed by atoms with van der Waals surface area (Å²) in [6, 6.07) is 3.94. The van der Waals surface area contributed by atoms with Crippen LogP contribution in [0.3, 0.4) is 0 Å². The van der Waals surface area contributed by atoms with Crippen LogP contribution in [-0.2, 0) is 12.8 Å². The maximum Gasteiger partial charge on any atom is 0.231 e. The Bertz CT molecular complexity index is 588. The molecule has 94 valence electrons. The lowest BCUT2D eigenvalue weighted by atomic mass is 10.2. The number of halogens is 1. The molecule has 3 rings (SSSR count). The smallest absolute Gasteiger partial charge is 0.231 e. The van der Waals surface area contributed by atoms with E-state index in [0.717, 1.165) is 32.4 Å². The van der Waals surface area contributed by atoms with Gasteiger partial charge < -0.3 is 14.0 Å². The van der Waals surface area contributed by atoms with Gasteiger partial charge in [0.1, 0.15) is 6.33 Å². The van der Waals surface area contributed by atoms with Crippen molar-refractivity contribution in [2.75, 3.05) is 6.79 Å². The Morgan fingerprint density at radius 1 is 1.39 bits per heavy atom. The standard InChI is InChI=1S/C11H10BrN3O2S/c1-15-5-13-14-11(15)18-4-7-2-9-10(3-8(7)12)17-6-16-9/h2-3,5H,4,6H2,1H3. The number of nitrogens with zero attached hydrogens (tertiary/aromatic N) is 3. The third-order valence-corrected chi connectivity index (χ3v) is 4.39. The highest BCUT2D eigenvalue weighted by atomic mass is 79.9. The zero-order valence-electron chi connectivity index (χ0n) is 9.59. The van der Waals surface area contributed by atoms with Crippen LogP contribution in [0.25, 0.3) is 0 Å². The van der Waals surface area contributed by atoms with Crippen molar-refractivity contribution in [1.29, 1.82) is 0 Å². The van der Waals surface area contributed by atoms with E-state index in [0.29, 0.717) is 6.79 Å². The predicted molar refractivity (Wildman–Crippen MR) is 70.8 cm³/mol. The van der Waals surface area contributed by atoms with Crippen molar-refractivity contribution in [3.63, 3.8) is 0 Å². The summed E-state index contributed by atoms with van der Waals surface area (Å²) in [5.41, 5.74) is 1.15. The lowest BCUT2D eigenvalue weighted by Crippen LogP contribution is -1.93. The highest BCUT2D eigenvalue weighted by Gasteiger charge is 2.16. The third kappa shape index (κ3) is 2.20. The molecule has 1 aliphatic heterocycles. The largest absolute Gasteiger partial charge is 0.454 e. The number of ether oxygens (including phenoxy) is 2. The minimum atomic E-state index is 0.293. The van der Waals surface area contributed by atoms with Crippen molar-refractivity contribution in [3.8, 4) is 11.5 Å². The highest BCUT2D eigenvalue weighted by molar-refractivity contribution is 9.10. The Morgan fingerprint density at radius 2 is 2.17 bits per heavy atom. The number of hydrogen-bond acceptors (Lipinski definition) is 5. The van der Waals surface area contributed by atoms with E-state index in [1.165, 1.54) is 0 Å². The number of fused-ring (bicyclic) bond motifs is 1. The molecule has 0 amide bonds. The number of thioether (sulfide) groups is 1. The highest BCUT2D eigenvalue weighted by Crippen LogP contribution is 2.38. The second kappa shape index (κ2) is 4.81. The summed E-state index contributed by atoms with van der Waals surface area (Å²) in [5, 5.41) is 8.78. The molecule has 1 aromatic heterocycles. The van der Waals surface area contributed by atoms with E-state index >= 15 is 0 Å². The number of rotatable bonds is 3. The fourth-order valence-corrected chi connectivity index (χ4v) is 3.14. The fraction of sp³-hybridized carbons (Fsp3) is 0.273. The van der Waals surface area contributed by atoms with Gasteiger partial charge in [-0.1, -0.05) is 27.7 Å². The monoisotopic (exact) mass is 327 g/mol. The summed E-state index contributed by atoms with van der Waals surface area (Å²) in [6.07, 6.45) is 1.69. The van der Waals surface area contributed by atoms with E-state index in [9.17, 15) is 0 Å². The minimum absolute atomic E-state index is 0.293. The summed E-state index contributed by atoms with van der Waals surface area (Å²) in [7, 11) is 1.93.